The number of guanidine groups is 2. The third kappa shape index (κ3) is 18.1. The Morgan fingerprint density at radius 1 is 0.804 bits per heavy atom. The van der Waals surface area contributed by atoms with E-state index in [-0.39, 0.29) is 62.4 Å². The molecular weight excluding hydrogens is 670 g/mol. The van der Waals surface area contributed by atoms with E-state index in [4.69, 9.17) is 39.5 Å². The molecule has 22 heteroatoms. The summed E-state index contributed by atoms with van der Waals surface area (Å²) in [6, 6.07) is -4.83. The van der Waals surface area contributed by atoms with E-state index in [1.807, 2.05) is 13.8 Å². The maximum atomic E-state index is 13.2. The molecule has 5 atom stereocenters. The largest absolute Gasteiger partial charge is 0.481 e. The lowest BCUT2D eigenvalue weighted by Crippen LogP contribution is -2.53. The second-order valence-electron chi connectivity index (χ2n) is 12.3. The van der Waals surface area contributed by atoms with E-state index in [9.17, 15) is 28.8 Å². The molecular formula is C29H53N15O7. The average Bonchev–Trinajstić information content (AvgIpc) is 3.50. The van der Waals surface area contributed by atoms with Gasteiger partial charge in [0.1, 0.15) is 18.1 Å². The number of nitrogens with zero attached hydrogens (tertiary/aromatic N) is 5. The highest BCUT2D eigenvalue weighted by Gasteiger charge is 2.28. The van der Waals surface area contributed by atoms with E-state index in [2.05, 4.69) is 41.6 Å². The van der Waals surface area contributed by atoms with Crippen LogP contribution in [-0.2, 0) is 30.5 Å². The summed E-state index contributed by atoms with van der Waals surface area (Å²) in [7, 11) is 0. The molecule has 0 aromatic carbocycles. The van der Waals surface area contributed by atoms with Crippen molar-refractivity contribution in [2.75, 3.05) is 13.1 Å². The van der Waals surface area contributed by atoms with Gasteiger partial charge in [0.25, 0.3) is 5.91 Å². The van der Waals surface area contributed by atoms with E-state index in [0.29, 0.717) is 25.7 Å². The van der Waals surface area contributed by atoms with Gasteiger partial charge < -0.3 is 60.8 Å². The third-order valence-corrected chi connectivity index (χ3v) is 7.22. The lowest BCUT2D eigenvalue weighted by molar-refractivity contribution is -0.137. The minimum absolute atomic E-state index is 0.0323. The first-order chi connectivity index (χ1) is 23.9. The topological polar surface area (TPSA) is 382 Å². The molecule has 0 aliphatic heterocycles. The Balaban J connectivity index is 3.08. The second kappa shape index (κ2) is 22.2. The normalized spacial score (nSPS) is 13.8. The molecule has 22 nitrogen and oxygen atoms in total. The minimum atomic E-state index is -1.13. The van der Waals surface area contributed by atoms with Gasteiger partial charge in [-0.25, -0.2) is 4.68 Å². The molecule has 1 rings (SSSR count). The number of rotatable bonds is 24. The first-order valence-corrected chi connectivity index (χ1v) is 16.4. The summed E-state index contributed by atoms with van der Waals surface area (Å²) in [6.07, 6.45) is 2.38. The Kier molecular flexibility index (Phi) is 19.0. The predicted octanol–water partition coefficient (Wildman–Crippen LogP) is -4.32. The molecule has 0 unspecified atom stereocenters. The zero-order valence-electron chi connectivity index (χ0n) is 29.2. The van der Waals surface area contributed by atoms with Gasteiger partial charge in [-0.15, -0.1) is 5.10 Å². The fourth-order valence-corrected chi connectivity index (χ4v) is 4.59. The average molecular weight is 724 g/mol. The van der Waals surface area contributed by atoms with Crippen LogP contribution in [0.4, 0.5) is 0 Å². The molecule has 0 aliphatic rings. The number of hydrogen-bond donors (Lipinski definition) is 11. The molecule has 0 fully saturated rings. The van der Waals surface area contributed by atoms with Crippen molar-refractivity contribution in [1.29, 1.82) is 0 Å². The van der Waals surface area contributed by atoms with Crippen LogP contribution in [0, 0.1) is 5.92 Å². The number of amides is 5. The van der Waals surface area contributed by atoms with E-state index in [1.165, 1.54) is 17.8 Å². The summed E-state index contributed by atoms with van der Waals surface area (Å²) in [5.41, 5.74) is 32.6. The van der Waals surface area contributed by atoms with Crippen molar-refractivity contribution < 1.29 is 33.9 Å². The summed E-state index contributed by atoms with van der Waals surface area (Å²) >= 11 is 0. The van der Waals surface area contributed by atoms with Crippen LogP contribution in [0.15, 0.2) is 16.2 Å². The van der Waals surface area contributed by atoms with Crippen LogP contribution in [0.3, 0.4) is 0 Å². The summed E-state index contributed by atoms with van der Waals surface area (Å²) < 4.78 is 1.31. The molecule has 1 heterocycles. The molecule has 0 bridgehead atoms. The van der Waals surface area contributed by atoms with E-state index in [1.54, 1.807) is 0 Å². The second-order valence-corrected chi connectivity index (χ2v) is 12.3. The number of nitrogens with two attached hydrogens (primary N) is 6. The highest BCUT2D eigenvalue weighted by molar-refractivity contribution is 5.97. The molecule has 0 saturated carbocycles. The molecule has 0 radical (unpaired) electrons. The number of carbonyl (C=O) groups is 6. The Morgan fingerprint density at radius 3 is 1.96 bits per heavy atom. The highest BCUT2D eigenvalue weighted by Crippen LogP contribution is 2.08. The first-order valence-electron chi connectivity index (χ1n) is 16.4. The van der Waals surface area contributed by atoms with Gasteiger partial charge >= 0.3 is 5.97 Å². The van der Waals surface area contributed by atoms with Gasteiger partial charge in [0, 0.05) is 25.6 Å². The maximum absolute atomic E-state index is 13.2. The van der Waals surface area contributed by atoms with Gasteiger partial charge in [-0.3, -0.25) is 38.8 Å². The zero-order chi connectivity index (χ0) is 38.7. The van der Waals surface area contributed by atoms with Crippen molar-refractivity contribution in [2.24, 2.45) is 50.3 Å². The molecule has 17 N–H and O–H groups in total. The van der Waals surface area contributed by atoms with Gasteiger partial charge in [-0.1, -0.05) is 19.1 Å². The summed E-state index contributed by atoms with van der Waals surface area (Å²) in [5, 5.41) is 27.2. The number of aliphatic carboxylic acids is 1. The van der Waals surface area contributed by atoms with Crippen LogP contribution in [0.25, 0.3) is 0 Å². The monoisotopic (exact) mass is 723 g/mol. The zero-order valence-corrected chi connectivity index (χ0v) is 29.2. The fourth-order valence-electron chi connectivity index (χ4n) is 4.59. The predicted molar refractivity (Wildman–Crippen MR) is 186 cm³/mol. The Hall–Kier alpha value is -5.54. The summed E-state index contributed by atoms with van der Waals surface area (Å²) in [5.74, 6) is -4.67. The van der Waals surface area contributed by atoms with Crippen LogP contribution in [0.2, 0.25) is 0 Å². The van der Waals surface area contributed by atoms with Crippen LogP contribution in [-0.4, -0.2) is 111 Å². The molecule has 5 amide bonds. The Labute approximate surface area is 295 Å². The minimum Gasteiger partial charge on any atom is -0.481 e. The number of aromatic nitrogens is 3. The molecule has 1 aromatic heterocycles. The highest BCUT2D eigenvalue weighted by atomic mass is 16.4. The van der Waals surface area contributed by atoms with Crippen molar-refractivity contribution in [3.05, 3.63) is 11.9 Å². The fraction of sp³-hybridized carbons (Fsp3) is 0.655. The van der Waals surface area contributed by atoms with Crippen molar-refractivity contribution in [3.63, 3.8) is 0 Å². The molecule has 1 aromatic rings. The number of primary amides is 1. The number of carboxylic acid groups (broad SMARTS) is 1. The number of carboxylic acids is 1. The molecule has 0 spiro atoms. The van der Waals surface area contributed by atoms with Crippen molar-refractivity contribution in [1.82, 2.24) is 36.3 Å². The van der Waals surface area contributed by atoms with Gasteiger partial charge in [0.2, 0.25) is 23.6 Å². The SMILES string of the molecule is CC(C)C[C@H](NC(=O)[C@H](CCCN=C(N)N)NC(=O)c1cn(C[C@H](CCCN=C(N)N)NC(=O)[C@H](C)NC(=O)[C@@H](N)CCC(=O)O)nn1)C(N)=O. The number of nitrogens with one attached hydrogen (secondary N) is 4. The Morgan fingerprint density at radius 2 is 1.41 bits per heavy atom. The smallest absolute Gasteiger partial charge is 0.303 e. The lowest BCUT2D eigenvalue weighted by atomic mass is 10.0. The van der Waals surface area contributed by atoms with E-state index < -0.39 is 65.7 Å². The molecule has 0 aliphatic carbocycles. The van der Waals surface area contributed by atoms with Crippen LogP contribution in [0.1, 0.15) is 76.2 Å². The quantitative estimate of drug-likeness (QED) is 0.0273. The Bertz CT molecular complexity index is 1390. The van der Waals surface area contributed by atoms with Gasteiger partial charge in [0.05, 0.1) is 18.8 Å². The van der Waals surface area contributed by atoms with Crippen molar-refractivity contribution in [3.8, 4) is 0 Å². The summed E-state index contributed by atoms with van der Waals surface area (Å²) in [4.78, 5) is 82.4. The standard InChI is InChI=1S/C29H53N15O7/c1-15(2)12-20(23(31)47)41-26(50)19(7-5-11-37-29(34)35)40-27(51)21-14-44(43-42-21)13-17(6-4-10-36-28(32)33)39-24(48)16(3)38-25(49)18(30)8-9-22(45)46/h14-20H,4-13,30H2,1-3H3,(H2,31,47)(H,38,49)(H,39,48)(H,40,51)(H,41,50)(H,45,46)(H4,32,33,36)(H4,34,35,37)/t16-,17-,18-,19-,20-/m0/s1. The van der Waals surface area contributed by atoms with Crippen LogP contribution < -0.4 is 55.7 Å². The lowest BCUT2D eigenvalue weighted by Gasteiger charge is -2.22. The van der Waals surface area contributed by atoms with Crippen molar-refractivity contribution in [2.45, 2.75) is 102 Å². The number of carbonyl (C=O) groups excluding carboxylic acids is 5. The van der Waals surface area contributed by atoms with Crippen molar-refractivity contribution >= 4 is 47.4 Å². The van der Waals surface area contributed by atoms with Crippen LogP contribution >= 0.6 is 0 Å². The molecule has 51 heavy (non-hydrogen) atoms. The van der Waals surface area contributed by atoms with E-state index >= 15 is 0 Å². The molecule has 286 valence electrons. The third-order valence-electron chi connectivity index (χ3n) is 7.22. The number of aliphatic imine (C=N–C) groups is 2. The maximum Gasteiger partial charge on any atom is 0.303 e. The van der Waals surface area contributed by atoms with Gasteiger partial charge in [-0.2, -0.15) is 0 Å². The van der Waals surface area contributed by atoms with E-state index in [0.717, 1.165) is 0 Å². The van der Waals surface area contributed by atoms with Crippen LogP contribution in [0.5, 0.6) is 0 Å². The molecule has 0 saturated heterocycles. The number of hydrogen-bond acceptors (Lipinski definition) is 11. The van der Waals surface area contributed by atoms with Gasteiger partial charge in [-0.05, 0) is 51.4 Å². The van der Waals surface area contributed by atoms with Gasteiger partial charge in [0.15, 0.2) is 17.6 Å². The summed E-state index contributed by atoms with van der Waals surface area (Å²) in [6.45, 7) is 5.63. The first kappa shape index (κ1) is 43.5.